The average Bonchev–Trinajstić information content (AvgIpc) is 2.13. The van der Waals surface area contributed by atoms with Crippen molar-refractivity contribution < 1.29 is 14.6 Å². The summed E-state index contributed by atoms with van der Waals surface area (Å²) in [5.74, 6) is -0.826. The molecule has 1 rings (SSSR count). The van der Waals surface area contributed by atoms with Gasteiger partial charge in [-0.3, -0.25) is 0 Å². The zero-order valence-corrected chi connectivity index (χ0v) is 8.25. The van der Waals surface area contributed by atoms with Gasteiger partial charge in [0.05, 0.1) is 17.1 Å². The maximum absolute atomic E-state index is 12.8. The van der Waals surface area contributed by atoms with E-state index in [2.05, 4.69) is 15.9 Å². The van der Waals surface area contributed by atoms with Crippen LogP contribution >= 0.6 is 15.9 Å². The van der Waals surface area contributed by atoms with Crippen molar-refractivity contribution in [2.45, 2.75) is 6.04 Å². The molecular formula is C8H9BrFNO2. The highest BCUT2D eigenvalue weighted by Crippen LogP contribution is 2.32. The number of phenols is 1. The average molecular weight is 250 g/mol. The number of aliphatic hydroxyl groups is 1. The van der Waals surface area contributed by atoms with Crippen molar-refractivity contribution in [3.63, 3.8) is 0 Å². The van der Waals surface area contributed by atoms with Crippen molar-refractivity contribution in [3.05, 3.63) is 28.0 Å². The van der Waals surface area contributed by atoms with E-state index in [0.29, 0.717) is 5.56 Å². The molecule has 4 N–H and O–H groups in total. The van der Waals surface area contributed by atoms with Gasteiger partial charge in [-0.25, -0.2) is 4.39 Å². The van der Waals surface area contributed by atoms with Gasteiger partial charge < -0.3 is 15.9 Å². The molecule has 0 radical (unpaired) electrons. The highest BCUT2D eigenvalue weighted by Gasteiger charge is 2.14. The minimum Gasteiger partial charge on any atom is -0.506 e. The molecule has 0 amide bonds. The zero-order chi connectivity index (χ0) is 10.0. The molecule has 0 fully saturated rings. The van der Waals surface area contributed by atoms with Crippen LogP contribution in [0, 0.1) is 5.82 Å². The summed E-state index contributed by atoms with van der Waals surface area (Å²) in [7, 11) is 0. The van der Waals surface area contributed by atoms with Gasteiger partial charge in [0.15, 0.2) is 0 Å². The molecule has 0 saturated heterocycles. The van der Waals surface area contributed by atoms with Crippen molar-refractivity contribution in [1.82, 2.24) is 0 Å². The molecule has 0 bridgehead atoms. The van der Waals surface area contributed by atoms with Crippen LogP contribution in [-0.2, 0) is 0 Å². The standard InChI is InChI=1S/C8H9BrFNO2/c9-7-5(10)2-1-4(8(7)13)6(11)3-12/h1-2,6,12-13H,3,11H2/t6-/m0/s1. The van der Waals surface area contributed by atoms with Gasteiger partial charge in [0.25, 0.3) is 0 Å². The molecule has 0 saturated carbocycles. The van der Waals surface area contributed by atoms with Crippen LogP contribution in [0.1, 0.15) is 11.6 Å². The Morgan fingerprint density at radius 2 is 2.15 bits per heavy atom. The summed E-state index contributed by atoms with van der Waals surface area (Å²) in [6.45, 7) is -0.300. The minimum absolute atomic E-state index is 0.0334. The van der Waals surface area contributed by atoms with E-state index in [1.165, 1.54) is 12.1 Å². The maximum atomic E-state index is 12.8. The molecule has 1 aromatic rings. The van der Waals surface area contributed by atoms with Crippen LogP contribution in [0.25, 0.3) is 0 Å². The van der Waals surface area contributed by atoms with E-state index in [-0.39, 0.29) is 16.8 Å². The summed E-state index contributed by atoms with van der Waals surface area (Å²) in [5.41, 5.74) is 5.78. The second-order valence-corrected chi connectivity index (χ2v) is 3.38. The highest BCUT2D eigenvalue weighted by atomic mass is 79.9. The van der Waals surface area contributed by atoms with E-state index in [9.17, 15) is 9.50 Å². The van der Waals surface area contributed by atoms with E-state index in [1.807, 2.05) is 0 Å². The molecule has 72 valence electrons. The number of phenolic OH excluding ortho intramolecular Hbond substituents is 1. The summed E-state index contributed by atoms with van der Waals surface area (Å²) in [4.78, 5) is 0. The number of aromatic hydroxyl groups is 1. The summed E-state index contributed by atoms with van der Waals surface area (Å²) in [5, 5.41) is 18.1. The van der Waals surface area contributed by atoms with Crippen molar-refractivity contribution >= 4 is 15.9 Å². The van der Waals surface area contributed by atoms with Gasteiger partial charge in [0, 0.05) is 5.56 Å². The van der Waals surface area contributed by atoms with E-state index in [1.54, 1.807) is 0 Å². The molecule has 1 atom stereocenters. The van der Waals surface area contributed by atoms with E-state index >= 15 is 0 Å². The van der Waals surface area contributed by atoms with Crippen LogP contribution in [0.15, 0.2) is 16.6 Å². The predicted molar refractivity (Wildman–Crippen MR) is 49.8 cm³/mol. The van der Waals surface area contributed by atoms with Crippen molar-refractivity contribution in [2.24, 2.45) is 5.73 Å². The SMILES string of the molecule is N[C@@H](CO)c1ccc(F)c(Br)c1O. The highest BCUT2D eigenvalue weighted by molar-refractivity contribution is 9.10. The lowest BCUT2D eigenvalue weighted by Crippen LogP contribution is -2.14. The Hall–Kier alpha value is -0.650. The second-order valence-electron chi connectivity index (χ2n) is 2.59. The van der Waals surface area contributed by atoms with Crippen LogP contribution < -0.4 is 5.73 Å². The fraction of sp³-hybridized carbons (Fsp3) is 0.250. The Kier molecular flexibility index (Phi) is 3.24. The van der Waals surface area contributed by atoms with Gasteiger partial charge in [-0.1, -0.05) is 6.07 Å². The Bertz CT molecular complexity index is 319. The molecule has 0 heterocycles. The lowest BCUT2D eigenvalue weighted by molar-refractivity contribution is 0.265. The van der Waals surface area contributed by atoms with E-state index in [0.717, 1.165) is 0 Å². The summed E-state index contributed by atoms with van der Waals surface area (Å²) < 4.78 is 12.8. The van der Waals surface area contributed by atoms with Crippen LogP contribution in [0.2, 0.25) is 0 Å². The first-order chi connectivity index (χ1) is 6.07. The van der Waals surface area contributed by atoms with Gasteiger partial charge in [-0.05, 0) is 22.0 Å². The second kappa shape index (κ2) is 4.04. The van der Waals surface area contributed by atoms with Crippen molar-refractivity contribution in [2.75, 3.05) is 6.61 Å². The number of rotatable bonds is 2. The monoisotopic (exact) mass is 249 g/mol. The van der Waals surface area contributed by atoms with Gasteiger partial charge >= 0.3 is 0 Å². The predicted octanol–water partition coefficient (Wildman–Crippen LogP) is 1.29. The van der Waals surface area contributed by atoms with Gasteiger partial charge in [-0.2, -0.15) is 0 Å². The smallest absolute Gasteiger partial charge is 0.141 e. The molecule has 0 unspecified atom stereocenters. The van der Waals surface area contributed by atoms with Crippen LogP contribution in [0.3, 0.4) is 0 Å². The van der Waals surface area contributed by atoms with Gasteiger partial charge in [-0.15, -0.1) is 0 Å². The third kappa shape index (κ3) is 1.99. The number of nitrogens with two attached hydrogens (primary N) is 1. The quantitative estimate of drug-likeness (QED) is 0.740. The first-order valence-corrected chi connectivity index (χ1v) is 4.40. The molecule has 0 aliphatic carbocycles. The van der Waals surface area contributed by atoms with Gasteiger partial charge in [0.1, 0.15) is 11.6 Å². The minimum atomic E-state index is -0.697. The normalized spacial score (nSPS) is 12.9. The first kappa shape index (κ1) is 10.4. The fourth-order valence-electron chi connectivity index (χ4n) is 0.952. The number of halogens is 2. The van der Waals surface area contributed by atoms with Crippen LogP contribution in [0.5, 0.6) is 5.75 Å². The Morgan fingerprint density at radius 1 is 1.54 bits per heavy atom. The number of benzene rings is 1. The Morgan fingerprint density at radius 3 is 2.69 bits per heavy atom. The molecule has 0 aromatic heterocycles. The number of hydrogen-bond donors (Lipinski definition) is 3. The third-order valence-electron chi connectivity index (χ3n) is 1.70. The fourth-order valence-corrected chi connectivity index (χ4v) is 1.31. The van der Waals surface area contributed by atoms with Gasteiger partial charge in [0.2, 0.25) is 0 Å². The first-order valence-electron chi connectivity index (χ1n) is 3.61. The summed E-state index contributed by atoms with van der Waals surface area (Å²) in [6, 6.07) is 1.82. The summed E-state index contributed by atoms with van der Waals surface area (Å²) in [6.07, 6.45) is 0. The number of aliphatic hydroxyl groups excluding tert-OH is 1. The van der Waals surface area contributed by atoms with E-state index < -0.39 is 11.9 Å². The maximum Gasteiger partial charge on any atom is 0.141 e. The van der Waals surface area contributed by atoms with Crippen LogP contribution in [0.4, 0.5) is 4.39 Å². The molecular weight excluding hydrogens is 241 g/mol. The zero-order valence-electron chi connectivity index (χ0n) is 6.67. The largest absolute Gasteiger partial charge is 0.506 e. The lowest BCUT2D eigenvalue weighted by atomic mass is 10.1. The molecule has 0 aliphatic rings. The molecule has 3 nitrogen and oxygen atoms in total. The lowest BCUT2D eigenvalue weighted by Gasteiger charge is -2.11. The molecule has 1 aromatic carbocycles. The molecule has 0 aliphatic heterocycles. The van der Waals surface area contributed by atoms with Crippen molar-refractivity contribution in [1.29, 1.82) is 0 Å². The third-order valence-corrected chi connectivity index (χ3v) is 2.45. The topological polar surface area (TPSA) is 66.5 Å². The molecule has 5 heteroatoms. The van der Waals surface area contributed by atoms with Crippen LogP contribution in [-0.4, -0.2) is 16.8 Å². The molecule has 0 spiro atoms. The molecule has 13 heavy (non-hydrogen) atoms. The summed E-state index contributed by atoms with van der Waals surface area (Å²) >= 11 is 2.87. The number of hydrogen-bond acceptors (Lipinski definition) is 3. The Labute approximate surface area is 83.1 Å². The Balaban J connectivity index is 3.18. The van der Waals surface area contributed by atoms with E-state index in [4.69, 9.17) is 10.8 Å². The van der Waals surface area contributed by atoms with Crippen molar-refractivity contribution in [3.8, 4) is 5.75 Å².